The minimum absolute atomic E-state index is 0.0434. The molecular formula is C21H23N5. The third-order valence-electron chi connectivity index (χ3n) is 4.86. The molecule has 0 amide bonds. The first-order chi connectivity index (χ1) is 12.7. The molecule has 2 aromatic carbocycles. The van der Waals surface area contributed by atoms with Gasteiger partial charge in [-0.1, -0.05) is 42.5 Å². The van der Waals surface area contributed by atoms with Crippen LogP contribution in [0.1, 0.15) is 23.1 Å². The van der Waals surface area contributed by atoms with E-state index in [0.29, 0.717) is 0 Å². The molecular weight excluding hydrogens is 322 g/mol. The number of aromatic nitrogens is 4. The van der Waals surface area contributed by atoms with Crippen molar-refractivity contribution in [1.29, 1.82) is 0 Å². The van der Waals surface area contributed by atoms with E-state index < -0.39 is 0 Å². The van der Waals surface area contributed by atoms with E-state index in [-0.39, 0.29) is 6.04 Å². The molecule has 0 aliphatic heterocycles. The highest BCUT2D eigenvalue weighted by atomic mass is 15.3. The van der Waals surface area contributed by atoms with Gasteiger partial charge in [0.05, 0.1) is 17.1 Å². The third kappa shape index (κ3) is 3.13. The Bertz CT molecular complexity index is 1000. The SMILES string of the molecule is Cn1nccc1CCN[C@@H](c1ccccc1)c1nc2ccccc2n1C. The Hall–Kier alpha value is -2.92. The topological polar surface area (TPSA) is 47.7 Å². The largest absolute Gasteiger partial charge is 0.330 e. The predicted molar refractivity (Wildman–Crippen MR) is 104 cm³/mol. The van der Waals surface area contributed by atoms with Crippen LogP contribution in [0.15, 0.2) is 66.9 Å². The number of benzene rings is 2. The van der Waals surface area contributed by atoms with E-state index in [1.165, 1.54) is 11.3 Å². The number of nitrogens with one attached hydrogen (secondary N) is 1. The van der Waals surface area contributed by atoms with Crippen LogP contribution in [0.2, 0.25) is 0 Å². The summed E-state index contributed by atoms with van der Waals surface area (Å²) >= 11 is 0. The van der Waals surface area contributed by atoms with Crippen molar-refractivity contribution in [2.24, 2.45) is 14.1 Å². The number of aryl methyl sites for hydroxylation is 2. The van der Waals surface area contributed by atoms with Gasteiger partial charge in [0.1, 0.15) is 5.82 Å². The van der Waals surface area contributed by atoms with Crippen molar-refractivity contribution in [1.82, 2.24) is 24.6 Å². The van der Waals surface area contributed by atoms with E-state index in [9.17, 15) is 0 Å². The summed E-state index contributed by atoms with van der Waals surface area (Å²) in [6.07, 6.45) is 2.76. The minimum atomic E-state index is 0.0434. The molecule has 0 aliphatic carbocycles. The first-order valence-electron chi connectivity index (χ1n) is 8.90. The van der Waals surface area contributed by atoms with E-state index in [4.69, 9.17) is 4.98 Å². The van der Waals surface area contributed by atoms with Gasteiger partial charge in [0.2, 0.25) is 0 Å². The van der Waals surface area contributed by atoms with E-state index in [1.807, 2.05) is 30.1 Å². The molecule has 4 rings (SSSR count). The standard InChI is InChI=1S/C21H23N5/c1-25-19-11-7-6-10-18(19)24-21(25)20(16-8-4-3-5-9-16)22-14-12-17-13-15-23-26(17)2/h3-11,13,15,20,22H,12,14H2,1-2H3/t20-/m0/s1. The minimum Gasteiger partial charge on any atom is -0.330 e. The van der Waals surface area contributed by atoms with Gasteiger partial charge in [-0.05, 0) is 23.8 Å². The highest BCUT2D eigenvalue weighted by Gasteiger charge is 2.20. The fourth-order valence-electron chi connectivity index (χ4n) is 3.42. The quantitative estimate of drug-likeness (QED) is 0.584. The molecule has 0 bridgehead atoms. The lowest BCUT2D eigenvalue weighted by molar-refractivity contribution is 0.554. The summed E-state index contributed by atoms with van der Waals surface area (Å²) in [5.74, 6) is 1.03. The van der Waals surface area contributed by atoms with Gasteiger partial charge in [-0.25, -0.2) is 4.98 Å². The zero-order chi connectivity index (χ0) is 17.9. The summed E-state index contributed by atoms with van der Waals surface area (Å²) in [5, 5.41) is 7.94. The summed E-state index contributed by atoms with van der Waals surface area (Å²) in [6.45, 7) is 0.850. The first kappa shape index (κ1) is 16.5. The van der Waals surface area contributed by atoms with E-state index in [0.717, 1.165) is 29.8 Å². The average Bonchev–Trinajstić information content (AvgIpc) is 3.23. The molecule has 5 nitrogen and oxygen atoms in total. The molecule has 0 saturated carbocycles. The zero-order valence-electron chi connectivity index (χ0n) is 15.1. The van der Waals surface area contributed by atoms with Crippen LogP contribution in [-0.4, -0.2) is 25.9 Å². The zero-order valence-corrected chi connectivity index (χ0v) is 15.1. The Kier molecular flexibility index (Phi) is 4.54. The number of para-hydroxylation sites is 2. The number of imidazole rings is 1. The lowest BCUT2D eigenvalue weighted by Gasteiger charge is -2.19. The molecule has 5 heteroatoms. The molecule has 0 aliphatic rings. The summed E-state index contributed by atoms with van der Waals surface area (Å²) in [4.78, 5) is 4.91. The second-order valence-corrected chi connectivity index (χ2v) is 6.51. The summed E-state index contributed by atoms with van der Waals surface area (Å²) in [5.41, 5.74) is 4.61. The Balaban J connectivity index is 1.64. The van der Waals surface area contributed by atoms with Crippen LogP contribution in [-0.2, 0) is 20.5 Å². The average molecular weight is 345 g/mol. The van der Waals surface area contributed by atoms with Gasteiger partial charge in [0.15, 0.2) is 0 Å². The summed E-state index contributed by atoms with van der Waals surface area (Å²) < 4.78 is 4.11. The van der Waals surface area contributed by atoms with Crippen molar-refractivity contribution in [3.63, 3.8) is 0 Å². The molecule has 132 valence electrons. The molecule has 0 spiro atoms. The van der Waals surface area contributed by atoms with Crippen molar-refractivity contribution >= 4 is 11.0 Å². The maximum atomic E-state index is 4.91. The number of rotatable bonds is 6. The third-order valence-corrected chi connectivity index (χ3v) is 4.86. The first-order valence-corrected chi connectivity index (χ1v) is 8.90. The molecule has 0 saturated heterocycles. The molecule has 2 aromatic heterocycles. The van der Waals surface area contributed by atoms with Gasteiger partial charge < -0.3 is 9.88 Å². The van der Waals surface area contributed by atoms with Gasteiger partial charge in [0.25, 0.3) is 0 Å². The Morgan fingerprint density at radius 1 is 0.962 bits per heavy atom. The maximum Gasteiger partial charge on any atom is 0.131 e. The lowest BCUT2D eigenvalue weighted by Crippen LogP contribution is -2.27. The number of hydrogen-bond acceptors (Lipinski definition) is 3. The second-order valence-electron chi connectivity index (χ2n) is 6.51. The highest BCUT2D eigenvalue weighted by Crippen LogP contribution is 2.24. The molecule has 0 radical (unpaired) electrons. The molecule has 2 heterocycles. The van der Waals surface area contributed by atoms with Crippen molar-refractivity contribution in [3.8, 4) is 0 Å². The summed E-state index contributed by atoms with van der Waals surface area (Å²) in [6, 6.07) is 20.9. The van der Waals surface area contributed by atoms with Gasteiger partial charge in [-0.3, -0.25) is 4.68 Å². The Morgan fingerprint density at radius 3 is 2.46 bits per heavy atom. The van der Waals surface area contributed by atoms with Crippen LogP contribution in [0, 0.1) is 0 Å². The molecule has 1 atom stereocenters. The van der Waals surface area contributed by atoms with E-state index in [2.05, 4.69) is 70.6 Å². The van der Waals surface area contributed by atoms with Gasteiger partial charge >= 0.3 is 0 Å². The van der Waals surface area contributed by atoms with Crippen LogP contribution in [0.25, 0.3) is 11.0 Å². The van der Waals surface area contributed by atoms with E-state index >= 15 is 0 Å². The van der Waals surface area contributed by atoms with Crippen molar-refractivity contribution < 1.29 is 0 Å². The fraction of sp³-hybridized carbons (Fsp3) is 0.238. The van der Waals surface area contributed by atoms with Gasteiger partial charge in [-0.15, -0.1) is 0 Å². The van der Waals surface area contributed by atoms with Crippen LogP contribution >= 0.6 is 0 Å². The van der Waals surface area contributed by atoms with Crippen LogP contribution < -0.4 is 5.32 Å². The van der Waals surface area contributed by atoms with Crippen LogP contribution in [0.3, 0.4) is 0 Å². The van der Waals surface area contributed by atoms with Crippen LogP contribution in [0.4, 0.5) is 0 Å². The van der Waals surface area contributed by atoms with Crippen LogP contribution in [0.5, 0.6) is 0 Å². The number of fused-ring (bicyclic) bond motifs is 1. The van der Waals surface area contributed by atoms with Crippen molar-refractivity contribution in [2.75, 3.05) is 6.54 Å². The van der Waals surface area contributed by atoms with Gasteiger partial charge in [0, 0.05) is 39.0 Å². The number of hydrogen-bond donors (Lipinski definition) is 1. The summed E-state index contributed by atoms with van der Waals surface area (Å²) in [7, 11) is 4.07. The molecule has 4 aromatic rings. The fourth-order valence-corrected chi connectivity index (χ4v) is 3.42. The smallest absolute Gasteiger partial charge is 0.131 e. The van der Waals surface area contributed by atoms with E-state index in [1.54, 1.807) is 0 Å². The highest BCUT2D eigenvalue weighted by molar-refractivity contribution is 5.76. The predicted octanol–water partition coefficient (Wildman–Crippen LogP) is 3.23. The normalized spacial score (nSPS) is 12.5. The van der Waals surface area contributed by atoms with Crippen molar-refractivity contribution in [3.05, 3.63) is 83.9 Å². The lowest BCUT2D eigenvalue weighted by atomic mass is 10.1. The Morgan fingerprint density at radius 2 is 1.73 bits per heavy atom. The molecule has 0 unspecified atom stereocenters. The number of nitrogens with zero attached hydrogens (tertiary/aromatic N) is 4. The molecule has 1 N–H and O–H groups in total. The maximum absolute atomic E-state index is 4.91. The monoisotopic (exact) mass is 345 g/mol. The van der Waals surface area contributed by atoms with Gasteiger partial charge in [-0.2, -0.15) is 5.10 Å². The van der Waals surface area contributed by atoms with Crippen molar-refractivity contribution in [2.45, 2.75) is 12.5 Å². The second kappa shape index (κ2) is 7.14. The molecule has 0 fully saturated rings. The Labute approximate surface area is 153 Å². The molecule has 26 heavy (non-hydrogen) atoms.